The van der Waals surface area contributed by atoms with Crippen molar-refractivity contribution < 1.29 is 14.7 Å². The standard InChI is InChI=1S/C20H28O3/c1-12-6-7-16-17(20(16,4)5)11-14(3)19(23)18(22)10-13(2)9-15(21)8-12/h8,10-11,16-18,22H,6-7,9H2,1-5H3/b12-8-,13-10-,14-11-/t16-,17+,18+/m0/s1. The van der Waals surface area contributed by atoms with Crippen LogP contribution in [0.15, 0.2) is 34.9 Å². The molecule has 0 heterocycles. The zero-order valence-electron chi connectivity index (χ0n) is 14.8. The van der Waals surface area contributed by atoms with Gasteiger partial charge in [0.15, 0.2) is 11.6 Å². The maximum atomic E-state index is 12.3. The fraction of sp³-hybridized carbons (Fsp3) is 0.600. The number of rotatable bonds is 0. The summed E-state index contributed by atoms with van der Waals surface area (Å²) in [7, 11) is 0. The highest BCUT2D eigenvalue weighted by Gasteiger charge is 2.55. The van der Waals surface area contributed by atoms with E-state index in [9.17, 15) is 14.7 Å². The quantitative estimate of drug-likeness (QED) is 0.692. The van der Waals surface area contributed by atoms with Crippen molar-refractivity contribution in [2.45, 2.75) is 60.0 Å². The average Bonchev–Trinajstić information content (AvgIpc) is 2.94. The number of fused-ring (bicyclic) bond motifs is 1. The molecule has 0 spiro atoms. The molecule has 1 fully saturated rings. The van der Waals surface area contributed by atoms with Crippen molar-refractivity contribution in [2.24, 2.45) is 17.3 Å². The van der Waals surface area contributed by atoms with Crippen LogP contribution in [-0.2, 0) is 9.59 Å². The second-order valence-corrected chi connectivity index (χ2v) is 7.80. The first-order valence-corrected chi connectivity index (χ1v) is 8.41. The molecular formula is C20H28O3. The average molecular weight is 316 g/mol. The minimum atomic E-state index is -1.16. The molecule has 1 N–H and O–H groups in total. The number of carbonyl (C=O) groups excluding carboxylic acids is 2. The Morgan fingerprint density at radius 2 is 1.74 bits per heavy atom. The van der Waals surface area contributed by atoms with Crippen LogP contribution >= 0.6 is 0 Å². The second kappa shape index (κ2) is 6.56. The number of Topliss-reactive ketones (excluding diaryl/α,β-unsaturated/α-hetero) is 1. The minimum absolute atomic E-state index is 0.0341. The maximum Gasteiger partial charge on any atom is 0.190 e. The molecule has 3 atom stereocenters. The molecule has 0 aliphatic heterocycles. The summed E-state index contributed by atoms with van der Waals surface area (Å²) in [5.41, 5.74) is 2.65. The predicted octanol–water partition coefficient (Wildman–Crippen LogP) is 3.78. The number of hydrogen-bond donors (Lipinski definition) is 1. The molecule has 0 aromatic rings. The Hall–Kier alpha value is -1.48. The lowest BCUT2D eigenvalue weighted by molar-refractivity contribution is -0.121. The van der Waals surface area contributed by atoms with Crippen LogP contribution in [0.1, 0.15) is 53.9 Å². The van der Waals surface area contributed by atoms with E-state index in [0.717, 1.165) is 24.0 Å². The summed E-state index contributed by atoms with van der Waals surface area (Å²) in [6, 6.07) is 0. The minimum Gasteiger partial charge on any atom is -0.381 e. The Balaban J connectivity index is 2.32. The van der Waals surface area contributed by atoms with Gasteiger partial charge in [-0.15, -0.1) is 0 Å². The van der Waals surface area contributed by atoms with E-state index in [-0.39, 0.29) is 23.4 Å². The fourth-order valence-electron chi connectivity index (χ4n) is 3.71. The Kier molecular flexibility index (Phi) is 5.10. The van der Waals surface area contributed by atoms with Gasteiger partial charge in [0, 0.05) is 6.42 Å². The first-order chi connectivity index (χ1) is 10.6. The number of allylic oxidation sites excluding steroid dienone is 4. The zero-order valence-corrected chi connectivity index (χ0v) is 14.8. The van der Waals surface area contributed by atoms with Crippen molar-refractivity contribution >= 4 is 11.6 Å². The summed E-state index contributed by atoms with van der Waals surface area (Å²) in [5.74, 6) is 0.671. The third kappa shape index (κ3) is 4.08. The molecule has 2 aliphatic rings. The van der Waals surface area contributed by atoms with Gasteiger partial charge in [0.25, 0.3) is 0 Å². The van der Waals surface area contributed by atoms with Crippen molar-refractivity contribution in [3.63, 3.8) is 0 Å². The Morgan fingerprint density at radius 3 is 2.39 bits per heavy atom. The van der Waals surface area contributed by atoms with Crippen LogP contribution in [0.5, 0.6) is 0 Å². The van der Waals surface area contributed by atoms with Gasteiger partial charge in [-0.3, -0.25) is 9.59 Å². The summed E-state index contributed by atoms with van der Waals surface area (Å²) in [5, 5.41) is 10.1. The summed E-state index contributed by atoms with van der Waals surface area (Å²) in [6.07, 6.45) is 6.29. The van der Waals surface area contributed by atoms with Gasteiger partial charge in [0.2, 0.25) is 0 Å². The molecular weight excluding hydrogens is 288 g/mol. The van der Waals surface area contributed by atoms with Gasteiger partial charge in [-0.1, -0.05) is 31.1 Å². The van der Waals surface area contributed by atoms with Crippen molar-refractivity contribution in [2.75, 3.05) is 0 Å². The van der Waals surface area contributed by atoms with Gasteiger partial charge >= 0.3 is 0 Å². The van der Waals surface area contributed by atoms with Gasteiger partial charge in [-0.2, -0.15) is 0 Å². The van der Waals surface area contributed by atoms with E-state index in [0.29, 0.717) is 17.4 Å². The van der Waals surface area contributed by atoms with Crippen LogP contribution in [0.3, 0.4) is 0 Å². The lowest BCUT2D eigenvalue weighted by Gasteiger charge is -2.08. The molecule has 0 bridgehead atoms. The SMILES string of the molecule is C/C1=C/C(=O)C/C(C)=C\[C@@H](O)C(=O)/C(C)=C\[C@@H]2[C@H](CC1)C2(C)C. The molecule has 0 unspecified atom stereocenters. The summed E-state index contributed by atoms with van der Waals surface area (Å²) in [6.45, 7) is 10.0. The van der Waals surface area contributed by atoms with E-state index in [1.54, 1.807) is 19.9 Å². The monoisotopic (exact) mass is 316 g/mol. The number of carbonyl (C=O) groups is 2. The highest BCUT2D eigenvalue weighted by molar-refractivity contribution is 5.99. The van der Waals surface area contributed by atoms with Crippen LogP contribution in [0.25, 0.3) is 0 Å². The fourth-order valence-corrected chi connectivity index (χ4v) is 3.71. The topological polar surface area (TPSA) is 54.4 Å². The van der Waals surface area contributed by atoms with Crippen molar-refractivity contribution in [1.82, 2.24) is 0 Å². The van der Waals surface area contributed by atoms with Crippen LogP contribution in [-0.4, -0.2) is 22.8 Å². The van der Waals surface area contributed by atoms with E-state index in [1.165, 1.54) is 6.08 Å². The van der Waals surface area contributed by atoms with Gasteiger partial charge in [-0.05, 0) is 68.6 Å². The smallest absolute Gasteiger partial charge is 0.190 e. The number of hydrogen-bond acceptors (Lipinski definition) is 3. The molecule has 2 aliphatic carbocycles. The molecule has 0 aromatic heterocycles. The van der Waals surface area contributed by atoms with Gasteiger partial charge < -0.3 is 5.11 Å². The highest BCUT2D eigenvalue weighted by atomic mass is 16.3. The third-order valence-corrected chi connectivity index (χ3v) is 5.38. The Bertz CT molecular complexity index is 604. The molecule has 0 amide bonds. The van der Waals surface area contributed by atoms with Gasteiger partial charge in [-0.25, -0.2) is 0 Å². The molecule has 3 heteroatoms. The molecule has 2 rings (SSSR count). The number of aliphatic hydroxyl groups excluding tert-OH is 1. The third-order valence-electron chi connectivity index (χ3n) is 5.38. The van der Waals surface area contributed by atoms with E-state index >= 15 is 0 Å². The van der Waals surface area contributed by atoms with Crippen molar-refractivity contribution in [1.29, 1.82) is 0 Å². The lowest BCUT2D eigenvalue weighted by atomic mass is 9.99. The van der Waals surface area contributed by atoms with Crippen LogP contribution < -0.4 is 0 Å². The van der Waals surface area contributed by atoms with Crippen LogP contribution in [0.2, 0.25) is 0 Å². The number of aliphatic hydroxyl groups is 1. The van der Waals surface area contributed by atoms with E-state index in [1.807, 2.05) is 13.0 Å². The van der Waals surface area contributed by atoms with Crippen LogP contribution in [0.4, 0.5) is 0 Å². The van der Waals surface area contributed by atoms with Gasteiger partial charge in [0.05, 0.1) is 0 Å². The highest BCUT2D eigenvalue weighted by Crippen LogP contribution is 2.61. The maximum absolute atomic E-state index is 12.3. The van der Waals surface area contributed by atoms with E-state index in [2.05, 4.69) is 13.8 Å². The Morgan fingerprint density at radius 1 is 1.09 bits per heavy atom. The molecule has 1 saturated carbocycles. The first kappa shape index (κ1) is 17.9. The van der Waals surface area contributed by atoms with Crippen molar-refractivity contribution in [3.05, 3.63) is 34.9 Å². The molecule has 126 valence electrons. The van der Waals surface area contributed by atoms with Crippen molar-refractivity contribution in [3.8, 4) is 0 Å². The summed E-state index contributed by atoms with van der Waals surface area (Å²) in [4.78, 5) is 24.4. The molecule has 0 aromatic carbocycles. The lowest BCUT2D eigenvalue weighted by Crippen LogP contribution is -2.19. The molecule has 3 nitrogen and oxygen atoms in total. The van der Waals surface area contributed by atoms with E-state index < -0.39 is 6.10 Å². The predicted molar refractivity (Wildman–Crippen MR) is 91.9 cm³/mol. The van der Waals surface area contributed by atoms with Gasteiger partial charge in [0.1, 0.15) is 6.10 Å². The molecule has 0 radical (unpaired) electrons. The molecule has 23 heavy (non-hydrogen) atoms. The summed E-state index contributed by atoms with van der Waals surface area (Å²) < 4.78 is 0. The number of ketones is 2. The zero-order chi connectivity index (χ0) is 17.4. The molecule has 0 saturated heterocycles. The first-order valence-electron chi connectivity index (χ1n) is 8.41. The Labute approximate surface area is 139 Å². The van der Waals surface area contributed by atoms with E-state index in [4.69, 9.17) is 0 Å². The normalized spacial score (nSPS) is 39.0. The van der Waals surface area contributed by atoms with Crippen LogP contribution in [0, 0.1) is 17.3 Å². The second-order valence-electron chi connectivity index (χ2n) is 7.80. The summed E-state index contributed by atoms with van der Waals surface area (Å²) >= 11 is 0. The largest absolute Gasteiger partial charge is 0.381 e.